The van der Waals surface area contributed by atoms with Crippen molar-refractivity contribution in [3.05, 3.63) is 47.3 Å². The third-order valence-corrected chi connectivity index (χ3v) is 5.75. The van der Waals surface area contributed by atoms with E-state index in [0.29, 0.717) is 24.1 Å². The molecule has 3 aromatic heterocycles. The molecule has 29 heavy (non-hydrogen) atoms. The van der Waals surface area contributed by atoms with Gasteiger partial charge in [0.2, 0.25) is 5.91 Å². The third-order valence-electron chi connectivity index (χ3n) is 5.75. The lowest BCUT2D eigenvalue weighted by molar-refractivity contribution is -0.130. The lowest BCUT2D eigenvalue weighted by atomic mass is 10.0. The van der Waals surface area contributed by atoms with Gasteiger partial charge in [-0.3, -0.25) is 14.5 Å². The first-order chi connectivity index (χ1) is 14.0. The topological polar surface area (TPSA) is 89.9 Å². The van der Waals surface area contributed by atoms with Gasteiger partial charge in [0.15, 0.2) is 5.82 Å². The maximum Gasteiger partial charge on any atom is 0.258 e. The molecule has 1 aliphatic rings. The van der Waals surface area contributed by atoms with Gasteiger partial charge in [-0.1, -0.05) is 5.16 Å². The Labute approximate surface area is 169 Å². The van der Waals surface area contributed by atoms with E-state index in [4.69, 9.17) is 4.52 Å². The summed E-state index contributed by atoms with van der Waals surface area (Å²) < 4.78 is 7.25. The Morgan fingerprint density at radius 2 is 2.07 bits per heavy atom. The predicted octanol–water partition coefficient (Wildman–Crippen LogP) is 2.51. The molecule has 3 aromatic rings. The van der Waals surface area contributed by atoms with Crippen LogP contribution < -0.4 is 0 Å². The number of hydrogen-bond donors (Lipinski definition) is 0. The largest absolute Gasteiger partial charge is 0.342 e. The fraction of sp³-hybridized carbons (Fsp3) is 0.476. The van der Waals surface area contributed by atoms with Crippen molar-refractivity contribution in [1.29, 1.82) is 0 Å². The molecule has 1 saturated heterocycles. The first-order valence-electron chi connectivity index (χ1n) is 10.0. The molecule has 152 valence electrons. The number of pyridine rings is 1. The average Bonchev–Trinajstić information content (AvgIpc) is 3.43. The zero-order valence-corrected chi connectivity index (χ0v) is 17.1. The Balaban J connectivity index is 1.30. The van der Waals surface area contributed by atoms with Crippen molar-refractivity contribution < 1.29 is 9.32 Å². The van der Waals surface area contributed by atoms with Crippen molar-refractivity contribution in [2.45, 2.75) is 39.5 Å². The Morgan fingerprint density at radius 1 is 1.28 bits per heavy atom. The highest BCUT2D eigenvalue weighted by atomic mass is 16.5. The van der Waals surface area contributed by atoms with Crippen LogP contribution in [0.4, 0.5) is 0 Å². The Hall–Kier alpha value is -3.03. The average molecular weight is 394 g/mol. The minimum atomic E-state index is 0.209. The van der Waals surface area contributed by atoms with Crippen LogP contribution in [0, 0.1) is 19.8 Å². The molecule has 8 heteroatoms. The van der Waals surface area contributed by atoms with Gasteiger partial charge in [0, 0.05) is 56.6 Å². The second kappa shape index (κ2) is 8.14. The van der Waals surface area contributed by atoms with Crippen molar-refractivity contribution in [3.8, 4) is 11.5 Å². The minimum Gasteiger partial charge on any atom is -0.342 e. The second-order valence-corrected chi connectivity index (χ2v) is 7.72. The SMILES string of the molecule is Cc1nn(C)c(C)c1CCC(=O)N1CCC(Cc2noc(-c3ccncc3)n2)C1. The number of hydrogen-bond acceptors (Lipinski definition) is 6. The van der Waals surface area contributed by atoms with Crippen LogP contribution in [-0.4, -0.2) is 48.8 Å². The normalized spacial score (nSPS) is 16.5. The summed E-state index contributed by atoms with van der Waals surface area (Å²) in [6.45, 7) is 5.60. The molecule has 0 bridgehead atoms. The van der Waals surface area contributed by atoms with Crippen LogP contribution in [0.15, 0.2) is 29.0 Å². The van der Waals surface area contributed by atoms with E-state index in [2.05, 4.69) is 27.1 Å². The summed E-state index contributed by atoms with van der Waals surface area (Å²) in [6, 6.07) is 3.69. The maximum atomic E-state index is 12.7. The number of aromatic nitrogens is 5. The van der Waals surface area contributed by atoms with E-state index in [9.17, 15) is 4.79 Å². The van der Waals surface area contributed by atoms with E-state index in [1.165, 1.54) is 5.56 Å². The van der Waals surface area contributed by atoms with Gasteiger partial charge in [0.25, 0.3) is 5.89 Å². The standard InChI is InChI=1S/C21H26N6O2/c1-14-18(15(2)26(3)24-14)4-5-20(28)27-11-8-16(13-27)12-19-23-21(29-25-19)17-6-9-22-10-7-17/h6-7,9-10,16H,4-5,8,11-13H2,1-3H3. The van der Waals surface area contributed by atoms with Crippen LogP contribution in [0.5, 0.6) is 0 Å². The number of aryl methyl sites for hydroxylation is 2. The molecule has 1 aliphatic heterocycles. The quantitative estimate of drug-likeness (QED) is 0.638. The summed E-state index contributed by atoms with van der Waals surface area (Å²) in [5, 5.41) is 8.54. The van der Waals surface area contributed by atoms with Gasteiger partial charge in [-0.15, -0.1) is 0 Å². The molecule has 4 heterocycles. The van der Waals surface area contributed by atoms with Crippen LogP contribution in [0.1, 0.15) is 35.6 Å². The smallest absolute Gasteiger partial charge is 0.258 e. The third kappa shape index (κ3) is 4.21. The summed E-state index contributed by atoms with van der Waals surface area (Å²) in [4.78, 5) is 23.1. The molecular formula is C21H26N6O2. The zero-order valence-electron chi connectivity index (χ0n) is 17.1. The minimum absolute atomic E-state index is 0.209. The number of carbonyl (C=O) groups excluding carboxylic acids is 1. The van der Waals surface area contributed by atoms with Crippen molar-refractivity contribution in [2.75, 3.05) is 13.1 Å². The van der Waals surface area contributed by atoms with Gasteiger partial charge in [-0.05, 0) is 50.3 Å². The molecule has 4 rings (SSSR count). The molecule has 1 fully saturated rings. The van der Waals surface area contributed by atoms with Gasteiger partial charge in [0.05, 0.1) is 5.69 Å². The van der Waals surface area contributed by atoms with E-state index >= 15 is 0 Å². The number of likely N-dealkylation sites (tertiary alicyclic amines) is 1. The zero-order chi connectivity index (χ0) is 20.4. The molecule has 0 spiro atoms. The van der Waals surface area contributed by atoms with Crippen molar-refractivity contribution in [2.24, 2.45) is 13.0 Å². The molecule has 8 nitrogen and oxygen atoms in total. The Kier molecular flexibility index (Phi) is 5.42. The fourth-order valence-electron chi connectivity index (χ4n) is 4.00. The lowest BCUT2D eigenvalue weighted by Gasteiger charge is -2.16. The second-order valence-electron chi connectivity index (χ2n) is 7.72. The summed E-state index contributed by atoms with van der Waals surface area (Å²) in [7, 11) is 1.94. The molecule has 1 amide bonds. The number of carbonyl (C=O) groups is 1. The molecule has 0 N–H and O–H groups in total. The van der Waals surface area contributed by atoms with E-state index < -0.39 is 0 Å². The van der Waals surface area contributed by atoms with E-state index in [1.807, 2.05) is 35.7 Å². The molecule has 0 radical (unpaired) electrons. The van der Waals surface area contributed by atoms with Crippen LogP contribution in [0.25, 0.3) is 11.5 Å². The van der Waals surface area contributed by atoms with Crippen molar-refractivity contribution in [1.82, 2.24) is 29.8 Å². The number of rotatable bonds is 6. The Morgan fingerprint density at radius 3 is 2.79 bits per heavy atom. The first kappa shape index (κ1) is 19.3. The van der Waals surface area contributed by atoms with Gasteiger partial charge in [0.1, 0.15) is 0 Å². The Bertz CT molecular complexity index is 994. The monoisotopic (exact) mass is 394 g/mol. The van der Waals surface area contributed by atoms with E-state index in [0.717, 1.165) is 49.3 Å². The fourth-order valence-corrected chi connectivity index (χ4v) is 4.00. The summed E-state index contributed by atoms with van der Waals surface area (Å²) in [5.74, 6) is 1.78. The predicted molar refractivity (Wildman–Crippen MR) is 107 cm³/mol. The van der Waals surface area contributed by atoms with Gasteiger partial charge in [-0.2, -0.15) is 10.1 Å². The molecule has 1 atom stereocenters. The van der Waals surface area contributed by atoms with Crippen LogP contribution in [0.3, 0.4) is 0 Å². The van der Waals surface area contributed by atoms with Crippen molar-refractivity contribution >= 4 is 5.91 Å². The van der Waals surface area contributed by atoms with Crippen LogP contribution in [-0.2, 0) is 24.7 Å². The number of nitrogens with zero attached hydrogens (tertiary/aromatic N) is 6. The van der Waals surface area contributed by atoms with Gasteiger partial charge in [-0.25, -0.2) is 0 Å². The highest BCUT2D eigenvalue weighted by Crippen LogP contribution is 2.23. The molecule has 0 saturated carbocycles. The van der Waals surface area contributed by atoms with Gasteiger partial charge >= 0.3 is 0 Å². The van der Waals surface area contributed by atoms with Crippen molar-refractivity contribution in [3.63, 3.8) is 0 Å². The van der Waals surface area contributed by atoms with Gasteiger partial charge < -0.3 is 9.42 Å². The van der Waals surface area contributed by atoms with E-state index in [-0.39, 0.29) is 5.91 Å². The highest BCUT2D eigenvalue weighted by molar-refractivity contribution is 5.76. The lowest BCUT2D eigenvalue weighted by Crippen LogP contribution is -2.29. The molecule has 0 aliphatic carbocycles. The summed E-state index contributed by atoms with van der Waals surface area (Å²) in [6.07, 6.45) is 6.36. The summed E-state index contributed by atoms with van der Waals surface area (Å²) in [5.41, 5.74) is 4.20. The first-order valence-corrected chi connectivity index (χ1v) is 10.0. The maximum absolute atomic E-state index is 12.7. The van der Waals surface area contributed by atoms with Crippen LogP contribution >= 0.6 is 0 Å². The molecule has 0 aromatic carbocycles. The highest BCUT2D eigenvalue weighted by Gasteiger charge is 2.27. The molecular weight excluding hydrogens is 368 g/mol. The van der Waals surface area contributed by atoms with Crippen LogP contribution in [0.2, 0.25) is 0 Å². The summed E-state index contributed by atoms with van der Waals surface area (Å²) >= 11 is 0. The molecule has 1 unspecified atom stereocenters. The van der Waals surface area contributed by atoms with E-state index in [1.54, 1.807) is 12.4 Å². The number of amides is 1.